The van der Waals surface area contributed by atoms with E-state index < -0.39 is 7.82 Å². The third-order valence-electron chi connectivity index (χ3n) is 0. The van der Waals surface area contributed by atoms with Gasteiger partial charge in [0.05, 0.1) is 0 Å². The van der Waals surface area contributed by atoms with E-state index in [0.29, 0.717) is 0 Å². The maximum atomic E-state index is 8.55. The molecule has 0 aliphatic heterocycles. The molecule has 7 heteroatoms. The van der Waals surface area contributed by atoms with Gasteiger partial charge >= 0.3 is 52.6 Å². The van der Waals surface area contributed by atoms with E-state index in [1.165, 1.54) is 0 Å². The first-order valence-corrected chi connectivity index (χ1v) is 2.19. The van der Waals surface area contributed by atoms with Gasteiger partial charge in [-0.15, -0.1) is 0 Å². The second kappa shape index (κ2) is 6.00. The van der Waals surface area contributed by atoms with Crippen LogP contribution in [0.25, 0.3) is 0 Å². The van der Waals surface area contributed by atoms with Crippen LogP contribution in [0.5, 0.6) is 0 Å². The maximum absolute atomic E-state index is 8.55. The van der Waals surface area contributed by atoms with E-state index in [2.05, 4.69) is 0 Å². The second-order valence-corrected chi connectivity index (χ2v) is 1.34. The van der Waals surface area contributed by atoms with Crippen molar-refractivity contribution in [2.75, 3.05) is 0 Å². The van der Waals surface area contributed by atoms with Crippen LogP contribution in [0.2, 0.25) is 0 Å². The van der Waals surface area contributed by atoms with Gasteiger partial charge < -0.3 is 19.2 Å². The summed E-state index contributed by atoms with van der Waals surface area (Å²) in [6, 6.07) is 0. The Labute approximate surface area is 79.0 Å². The molecule has 7 heavy (non-hydrogen) atoms. The van der Waals surface area contributed by atoms with Crippen LogP contribution in [0.1, 0.15) is 0 Å². The molecular weight excluding hydrogens is 142 g/mol. The Hall–Kier alpha value is 1.88. The van der Waals surface area contributed by atoms with Gasteiger partial charge in [-0.2, -0.15) is 7.82 Å². The van der Waals surface area contributed by atoms with Gasteiger partial charge in [-0.1, -0.05) is 0 Å². The first-order chi connectivity index (χ1) is 2.00. The molecule has 0 aliphatic rings. The third-order valence-corrected chi connectivity index (χ3v) is 0. The van der Waals surface area contributed by atoms with E-state index in [-0.39, 0.29) is 52.6 Å². The molecule has 0 N–H and O–H groups in total. The van der Waals surface area contributed by atoms with Crippen molar-refractivity contribution >= 4 is 30.9 Å². The van der Waals surface area contributed by atoms with Crippen LogP contribution >= 0.6 is 7.82 Å². The van der Waals surface area contributed by atoms with E-state index in [1.807, 2.05) is 0 Å². The molecule has 0 atom stereocenters. The van der Waals surface area contributed by atoms with Crippen molar-refractivity contribution in [3.05, 3.63) is 0 Å². The number of rotatable bonds is 0. The summed E-state index contributed by atoms with van der Waals surface area (Å²) in [6.07, 6.45) is 0. The minimum atomic E-state index is -5.39. The Bertz CT molecular complexity index is 57.8. The Morgan fingerprint density at radius 1 is 1.14 bits per heavy atom. The molecule has 0 heterocycles. The summed E-state index contributed by atoms with van der Waals surface area (Å²) in [7, 11) is -5.39. The van der Waals surface area contributed by atoms with Crippen LogP contribution < -0.4 is 44.2 Å². The molecule has 0 aromatic carbocycles. The van der Waals surface area contributed by atoms with Crippen LogP contribution in [0.15, 0.2) is 0 Å². The van der Waals surface area contributed by atoms with Crippen LogP contribution in [0.3, 0.4) is 0 Å². The molecule has 0 fully saturated rings. The fourth-order valence-corrected chi connectivity index (χ4v) is 0. The van der Waals surface area contributed by atoms with Gasteiger partial charge in [-0.05, 0) is 0 Å². The van der Waals surface area contributed by atoms with E-state index >= 15 is 0 Å². The standard InChI is InChI=1S/Mg.Na.H3O4P/c;;1-5(2,3)4/h;;(H3,1,2,3,4)/q+2;+1;/p-3. The molecule has 0 aliphatic carbocycles. The van der Waals surface area contributed by atoms with E-state index in [9.17, 15) is 0 Å². The number of hydrogen-bond donors (Lipinski definition) is 0. The zero-order valence-electron chi connectivity index (χ0n) is 3.79. The average Bonchev–Trinajstić information content (AvgIpc) is 0.722. The van der Waals surface area contributed by atoms with Gasteiger partial charge in [0.1, 0.15) is 0 Å². The van der Waals surface area contributed by atoms with Crippen molar-refractivity contribution in [1.29, 1.82) is 0 Å². The Balaban J connectivity index is -0.0000000800. The first kappa shape index (κ1) is 15.9. The van der Waals surface area contributed by atoms with Gasteiger partial charge in [0.2, 0.25) is 0 Å². The summed E-state index contributed by atoms with van der Waals surface area (Å²) in [5.41, 5.74) is 0. The van der Waals surface area contributed by atoms with Crippen molar-refractivity contribution in [1.82, 2.24) is 0 Å². The Morgan fingerprint density at radius 3 is 1.14 bits per heavy atom. The summed E-state index contributed by atoms with van der Waals surface area (Å²) in [6.45, 7) is 0. The molecular formula is MgNaO4P. The predicted octanol–water partition coefficient (Wildman–Crippen LogP) is -6.20. The second-order valence-electron chi connectivity index (χ2n) is 0.447. The summed E-state index contributed by atoms with van der Waals surface area (Å²) in [4.78, 5) is 25.6. The summed E-state index contributed by atoms with van der Waals surface area (Å²) in [5, 5.41) is 0. The maximum Gasteiger partial charge on any atom is 2.00 e. The van der Waals surface area contributed by atoms with Gasteiger partial charge in [-0.3, -0.25) is 0 Å². The molecule has 0 saturated carbocycles. The monoisotopic (exact) mass is 142 g/mol. The molecule has 0 aromatic rings. The first-order valence-electron chi connectivity index (χ1n) is 0.730. The van der Waals surface area contributed by atoms with Crippen LogP contribution in [0, 0.1) is 0 Å². The van der Waals surface area contributed by atoms with E-state index in [0.717, 1.165) is 0 Å². The molecule has 4 nitrogen and oxygen atoms in total. The molecule has 0 rings (SSSR count). The van der Waals surface area contributed by atoms with Gasteiger partial charge in [0.15, 0.2) is 0 Å². The summed E-state index contributed by atoms with van der Waals surface area (Å²) in [5.74, 6) is 0. The minimum Gasteiger partial charge on any atom is -0.822 e. The van der Waals surface area contributed by atoms with Crippen molar-refractivity contribution in [2.24, 2.45) is 0 Å². The van der Waals surface area contributed by atoms with Crippen molar-refractivity contribution in [3.8, 4) is 0 Å². The molecule has 32 valence electrons. The number of hydrogen-bond acceptors (Lipinski definition) is 4. The van der Waals surface area contributed by atoms with Crippen molar-refractivity contribution in [3.63, 3.8) is 0 Å². The van der Waals surface area contributed by atoms with Gasteiger partial charge in [0, 0.05) is 0 Å². The molecule has 0 saturated heterocycles. The number of phosphoric acid groups is 1. The molecule has 0 aromatic heterocycles. The largest absolute Gasteiger partial charge is 2.00 e. The zero-order valence-corrected chi connectivity index (χ0v) is 8.10. The smallest absolute Gasteiger partial charge is 0.822 e. The van der Waals surface area contributed by atoms with Crippen molar-refractivity contribution in [2.45, 2.75) is 0 Å². The van der Waals surface area contributed by atoms with Gasteiger partial charge in [0.25, 0.3) is 0 Å². The summed E-state index contributed by atoms with van der Waals surface area (Å²) >= 11 is 0. The van der Waals surface area contributed by atoms with E-state index in [4.69, 9.17) is 19.2 Å². The van der Waals surface area contributed by atoms with Crippen LogP contribution in [0.4, 0.5) is 0 Å². The van der Waals surface area contributed by atoms with Gasteiger partial charge in [-0.25, -0.2) is 0 Å². The topological polar surface area (TPSA) is 86.2 Å². The fraction of sp³-hybridized carbons (Fsp3) is 0. The fourth-order valence-electron chi connectivity index (χ4n) is 0. The predicted molar refractivity (Wildman–Crippen MR) is 13.4 cm³/mol. The normalized spacial score (nSPS) is 8.43. The molecule has 0 bridgehead atoms. The Kier molecular flexibility index (Phi) is 13.7. The van der Waals surface area contributed by atoms with E-state index in [1.54, 1.807) is 0 Å². The third kappa shape index (κ3) is 77.3. The quantitative estimate of drug-likeness (QED) is 0.249. The molecule has 0 radical (unpaired) electrons. The average molecular weight is 142 g/mol. The van der Waals surface area contributed by atoms with Crippen molar-refractivity contribution < 1.29 is 48.8 Å². The molecule has 0 spiro atoms. The molecule has 0 unspecified atom stereocenters. The minimum absolute atomic E-state index is 0. The Morgan fingerprint density at radius 2 is 1.14 bits per heavy atom. The van der Waals surface area contributed by atoms with Crippen LogP contribution in [-0.2, 0) is 4.57 Å². The molecule has 0 amide bonds. The summed E-state index contributed by atoms with van der Waals surface area (Å²) < 4.78 is 8.55. The van der Waals surface area contributed by atoms with Crippen LogP contribution in [-0.4, -0.2) is 23.1 Å². The SMILES string of the molecule is O=P([O-])([O-])[O-].[Mg+2].[Na+]. The zero-order chi connectivity index (χ0) is 4.50.